The van der Waals surface area contributed by atoms with Gasteiger partial charge >= 0.3 is 0 Å². The van der Waals surface area contributed by atoms with E-state index < -0.39 is 0 Å². The Morgan fingerprint density at radius 1 is 1.44 bits per heavy atom. The molecule has 86 valence electrons. The van der Waals surface area contributed by atoms with Gasteiger partial charge in [0, 0.05) is 6.07 Å². The number of halogens is 1. The van der Waals surface area contributed by atoms with Crippen molar-refractivity contribution in [2.45, 2.75) is 20.3 Å². The molecule has 1 nitrogen and oxygen atoms in total. The van der Waals surface area contributed by atoms with Crippen molar-refractivity contribution < 1.29 is 9.13 Å². The maximum atomic E-state index is 12.8. The standard InChI is InChI=1S/C14H17FO/c1-11(2)7-8-12(3)10-16-14-6-4-5-13(15)9-14/h4-6,8-9H,1,7,10H2,2-3H3/b12-8+. The molecule has 0 radical (unpaired) electrons. The lowest BCUT2D eigenvalue weighted by Crippen LogP contribution is -1.98. The van der Waals surface area contributed by atoms with Crippen LogP contribution in [-0.4, -0.2) is 6.61 Å². The Labute approximate surface area is 96.3 Å². The van der Waals surface area contributed by atoms with E-state index in [1.807, 2.05) is 13.8 Å². The first-order chi connectivity index (χ1) is 7.58. The van der Waals surface area contributed by atoms with Gasteiger partial charge in [0.1, 0.15) is 18.2 Å². The average molecular weight is 220 g/mol. The van der Waals surface area contributed by atoms with E-state index >= 15 is 0 Å². The zero-order valence-electron chi connectivity index (χ0n) is 9.79. The summed E-state index contributed by atoms with van der Waals surface area (Å²) >= 11 is 0. The van der Waals surface area contributed by atoms with Crippen LogP contribution in [0.5, 0.6) is 5.75 Å². The van der Waals surface area contributed by atoms with Crippen molar-refractivity contribution in [2.24, 2.45) is 0 Å². The molecule has 0 aliphatic heterocycles. The minimum atomic E-state index is -0.277. The lowest BCUT2D eigenvalue weighted by molar-refractivity contribution is 0.349. The number of benzene rings is 1. The van der Waals surface area contributed by atoms with Crippen molar-refractivity contribution in [3.8, 4) is 5.75 Å². The van der Waals surface area contributed by atoms with Gasteiger partial charge in [-0.1, -0.05) is 24.3 Å². The maximum Gasteiger partial charge on any atom is 0.126 e. The molecule has 0 amide bonds. The fraction of sp³-hybridized carbons (Fsp3) is 0.286. The molecule has 0 fully saturated rings. The van der Waals surface area contributed by atoms with Crippen LogP contribution in [0.3, 0.4) is 0 Å². The topological polar surface area (TPSA) is 9.23 Å². The molecule has 0 saturated heterocycles. The van der Waals surface area contributed by atoms with Gasteiger partial charge in [0.05, 0.1) is 0 Å². The monoisotopic (exact) mass is 220 g/mol. The largest absolute Gasteiger partial charge is 0.489 e. The lowest BCUT2D eigenvalue weighted by atomic mass is 10.2. The third kappa shape index (κ3) is 4.78. The molecule has 1 rings (SSSR count). The zero-order chi connectivity index (χ0) is 12.0. The number of hydrogen-bond donors (Lipinski definition) is 0. The molecule has 0 atom stereocenters. The van der Waals surface area contributed by atoms with E-state index in [-0.39, 0.29) is 5.82 Å². The van der Waals surface area contributed by atoms with E-state index in [1.165, 1.54) is 12.1 Å². The van der Waals surface area contributed by atoms with Crippen molar-refractivity contribution in [1.29, 1.82) is 0 Å². The molecule has 0 N–H and O–H groups in total. The first-order valence-corrected chi connectivity index (χ1v) is 5.26. The first-order valence-electron chi connectivity index (χ1n) is 5.26. The Kier molecular flexibility index (Phi) is 4.77. The summed E-state index contributed by atoms with van der Waals surface area (Å²) in [5, 5.41) is 0. The normalized spacial score (nSPS) is 11.3. The molecule has 0 bridgehead atoms. The molecule has 0 saturated carbocycles. The molecule has 16 heavy (non-hydrogen) atoms. The summed E-state index contributed by atoms with van der Waals surface area (Å²) in [6, 6.07) is 6.16. The fourth-order valence-corrected chi connectivity index (χ4v) is 1.16. The van der Waals surface area contributed by atoms with Crippen LogP contribution in [0.2, 0.25) is 0 Å². The highest BCUT2D eigenvalue weighted by Gasteiger charge is 1.96. The van der Waals surface area contributed by atoms with Gasteiger partial charge in [-0.25, -0.2) is 4.39 Å². The number of allylic oxidation sites excluding steroid dienone is 2. The summed E-state index contributed by atoms with van der Waals surface area (Å²) in [7, 11) is 0. The van der Waals surface area contributed by atoms with Gasteiger partial charge in [-0.05, 0) is 38.0 Å². The Bertz CT molecular complexity index is 393. The SMILES string of the molecule is C=C(C)C/C=C(\C)COc1cccc(F)c1. The number of hydrogen-bond acceptors (Lipinski definition) is 1. The van der Waals surface area contributed by atoms with Crippen LogP contribution < -0.4 is 4.74 Å². The van der Waals surface area contributed by atoms with E-state index in [0.29, 0.717) is 12.4 Å². The van der Waals surface area contributed by atoms with Gasteiger partial charge in [-0.3, -0.25) is 0 Å². The van der Waals surface area contributed by atoms with Gasteiger partial charge < -0.3 is 4.74 Å². The molecule has 1 aromatic rings. The predicted octanol–water partition coefficient (Wildman–Crippen LogP) is 4.12. The summed E-state index contributed by atoms with van der Waals surface area (Å²) in [5.74, 6) is 0.282. The Balaban J connectivity index is 2.45. The number of rotatable bonds is 5. The van der Waals surface area contributed by atoms with E-state index in [1.54, 1.807) is 12.1 Å². The molecular formula is C14H17FO. The molecule has 0 heterocycles. The molecule has 0 aliphatic carbocycles. The van der Waals surface area contributed by atoms with Crippen LogP contribution in [0.15, 0.2) is 48.1 Å². The minimum Gasteiger partial charge on any atom is -0.489 e. The first kappa shape index (κ1) is 12.5. The fourth-order valence-electron chi connectivity index (χ4n) is 1.16. The van der Waals surface area contributed by atoms with Gasteiger partial charge in [0.25, 0.3) is 0 Å². The second-order valence-electron chi connectivity index (χ2n) is 3.96. The Morgan fingerprint density at radius 2 is 2.19 bits per heavy atom. The van der Waals surface area contributed by atoms with E-state index in [0.717, 1.165) is 17.6 Å². The van der Waals surface area contributed by atoms with Crippen molar-refractivity contribution >= 4 is 0 Å². The van der Waals surface area contributed by atoms with E-state index in [9.17, 15) is 4.39 Å². The van der Waals surface area contributed by atoms with Crippen LogP contribution in [0.25, 0.3) is 0 Å². The summed E-state index contributed by atoms with van der Waals surface area (Å²) in [5.41, 5.74) is 2.23. The van der Waals surface area contributed by atoms with Gasteiger partial charge in [0.2, 0.25) is 0 Å². The van der Waals surface area contributed by atoms with Crippen LogP contribution >= 0.6 is 0 Å². The van der Waals surface area contributed by atoms with Gasteiger partial charge in [-0.2, -0.15) is 0 Å². The van der Waals surface area contributed by atoms with Crippen molar-refractivity contribution in [3.05, 3.63) is 53.9 Å². The van der Waals surface area contributed by atoms with Crippen molar-refractivity contribution in [2.75, 3.05) is 6.61 Å². The van der Waals surface area contributed by atoms with Gasteiger partial charge in [-0.15, -0.1) is 0 Å². The molecule has 0 aliphatic rings. The molecule has 0 aromatic heterocycles. The average Bonchev–Trinajstić information content (AvgIpc) is 2.23. The highest BCUT2D eigenvalue weighted by atomic mass is 19.1. The van der Waals surface area contributed by atoms with Crippen LogP contribution in [0, 0.1) is 5.82 Å². The minimum absolute atomic E-state index is 0.277. The highest BCUT2D eigenvalue weighted by molar-refractivity contribution is 5.23. The summed E-state index contributed by atoms with van der Waals surface area (Å²) in [4.78, 5) is 0. The van der Waals surface area contributed by atoms with Crippen LogP contribution in [0.1, 0.15) is 20.3 Å². The Hall–Kier alpha value is -1.57. The zero-order valence-corrected chi connectivity index (χ0v) is 9.79. The second kappa shape index (κ2) is 6.11. The molecular weight excluding hydrogens is 203 g/mol. The second-order valence-corrected chi connectivity index (χ2v) is 3.96. The molecule has 0 spiro atoms. The third-order valence-corrected chi connectivity index (χ3v) is 2.06. The third-order valence-electron chi connectivity index (χ3n) is 2.06. The number of ether oxygens (including phenoxy) is 1. The summed E-state index contributed by atoms with van der Waals surface area (Å²) in [6.07, 6.45) is 2.93. The smallest absolute Gasteiger partial charge is 0.126 e. The quantitative estimate of drug-likeness (QED) is 0.678. The Morgan fingerprint density at radius 3 is 2.81 bits per heavy atom. The maximum absolute atomic E-state index is 12.8. The van der Waals surface area contributed by atoms with Crippen LogP contribution in [0.4, 0.5) is 4.39 Å². The highest BCUT2D eigenvalue weighted by Crippen LogP contribution is 2.13. The molecule has 0 unspecified atom stereocenters. The summed E-state index contributed by atoms with van der Waals surface area (Å²) < 4.78 is 18.3. The summed E-state index contributed by atoms with van der Waals surface area (Å²) in [6.45, 7) is 8.28. The van der Waals surface area contributed by atoms with E-state index in [2.05, 4.69) is 12.7 Å². The van der Waals surface area contributed by atoms with E-state index in [4.69, 9.17) is 4.74 Å². The van der Waals surface area contributed by atoms with Crippen molar-refractivity contribution in [1.82, 2.24) is 0 Å². The van der Waals surface area contributed by atoms with Crippen LogP contribution in [-0.2, 0) is 0 Å². The lowest BCUT2D eigenvalue weighted by Gasteiger charge is -2.06. The predicted molar refractivity (Wildman–Crippen MR) is 65.1 cm³/mol. The van der Waals surface area contributed by atoms with Crippen molar-refractivity contribution in [3.63, 3.8) is 0 Å². The molecule has 2 heteroatoms. The van der Waals surface area contributed by atoms with Gasteiger partial charge in [0.15, 0.2) is 0 Å². The molecule has 1 aromatic carbocycles.